The summed E-state index contributed by atoms with van der Waals surface area (Å²) in [6.07, 6.45) is 3.56. The fourth-order valence-corrected chi connectivity index (χ4v) is 3.99. The lowest BCUT2D eigenvalue weighted by Gasteiger charge is -2.19. The Bertz CT molecular complexity index is 1340. The smallest absolute Gasteiger partial charge is 0.255 e. The van der Waals surface area contributed by atoms with Gasteiger partial charge >= 0.3 is 0 Å². The van der Waals surface area contributed by atoms with E-state index in [1.807, 2.05) is 58.6 Å². The van der Waals surface area contributed by atoms with Crippen LogP contribution in [0.15, 0.2) is 30.6 Å². The van der Waals surface area contributed by atoms with E-state index in [0.29, 0.717) is 5.82 Å². The molecule has 0 saturated heterocycles. The maximum Gasteiger partial charge on any atom is 0.255 e. The third kappa shape index (κ3) is 3.56. The standard InChI is InChI=1S/C21H23B4N5O/c1-9-17(22)19(24)16(20(25)18(9)23)21(31)29-15-6-13-11(7-27-15)4-5-12(28-13)14-8-26-10(2)30(14)3/h4-8H,22-25H2,1-3H3,(H,27,29,31). The number of rotatable bonds is 3. The van der Waals surface area contributed by atoms with Gasteiger partial charge in [0.2, 0.25) is 0 Å². The number of nitrogens with one attached hydrogen (secondary N) is 1. The molecular weight excluding hydrogens is 382 g/mol. The van der Waals surface area contributed by atoms with Gasteiger partial charge in [-0.05, 0) is 26.0 Å². The number of carbonyl (C=O) groups excluding carboxylic acids is 1. The number of anilines is 1. The van der Waals surface area contributed by atoms with Crippen LogP contribution < -0.4 is 27.2 Å². The summed E-state index contributed by atoms with van der Waals surface area (Å²) in [5, 5.41) is 3.89. The average molecular weight is 405 g/mol. The van der Waals surface area contributed by atoms with Crippen molar-refractivity contribution in [3.63, 3.8) is 0 Å². The van der Waals surface area contributed by atoms with Crippen molar-refractivity contribution in [2.75, 3.05) is 5.32 Å². The summed E-state index contributed by atoms with van der Waals surface area (Å²) in [6, 6.07) is 5.77. The lowest BCUT2D eigenvalue weighted by atomic mass is 9.64. The van der Waals surface area contributed by atoms with Crippen LogP contribution in [0.1, 0.15) is 21.7 Å². The van der Waals surface area contributed by atoms with Gasteiger partial charge in [-0.25, -0.2) is 15.0 Å². The molecule has 0 aliphatic carbocycles. The van der Waals surface area contributed by atoms with E-state index in [9.17, 15) is 4.79 Å². The Morgan fingerprint density at radius 1 is 0.968 bits per heavy atom. The van der Waals surface area contributed by atoms with Crippen molar-refractivity contribution < 1.29 is 4.79 Å². The molecule has 0 atom stereocenters. The van der Waals surface area contributed by atoms with Gasteiger partial charge < -0.3 is 9.88 Å². The van der Waals surface area contributed by atoms with Gasteiger partial charge in [0, 0.05) is 30.3 Å². The SMILES string of the molecule is Bc1c(B)c(C(=O)Nc2cc3nc(-c4cnc(C)n4C)ccc3cn2)c(B)c(B)c1C. The Morgan fingerprint density at radius 2 is 1.65 bits per heavy atom. The summed E-state index contributed by atoms with van der Waals surface area (Å²) >= 11 is 0. The third-order valence-electron chi connectivity index (χ3n) is 6.53. The quantitative estimate of drug-likeness (QED) is 0.368. The summed E-state index contributed by atoms with van der Waals surface area (Å²) in [5.74, 6) is 1.26. The van der Waals surface area contributed by atoms with E-state index in [2.05, 4.69) is 37.9 Å². The van der Waals surface area contributed by atoms with Crippen LogP contribution in [0.4, 0.5) is 5.82 Å². The second-order valence-corrected chi connectivity index (χ2v) is 8.16. The average Bonchev–Trinajstić information content (AvgIpc) is 3.09. The van der Waals surface area contributed by atoms with E-state index in [0.717, 1.165) is 55.5 Å². The van der Waals surface area contributed by atoms with Crippen molar-refractivity contribution in [3.8, 4) is 11.4 Å². The van der Waals surface area contributed by atoms with Crippen molar-refractivity contribution in [3.05, 3.63) is 47.5 Å². The van der Waals surface area contributed by atoms with Crippen molar-refractivity contribution in [2.24, 2.45) is 7.05 Å². The van der Waals surface area contributed by atoms with Gasteiger partial charge in [0.25, 0.3) is 5.91 Å². The molecule has 0 bridgehead atoms. The van der Waals surface area contributed by atoms with Crippen LogP contribution in [0, 0.1) is 13.8 Å². The van der Waals surface area contributed by atoms with E-state index in [1.165, 1.54) is 5.56 Å². The number of carbonyl (C=O) groups is 1. The van der Waals surface area contributed by atoms with Gasteiger partial charge in [-0.3, -0.25) is 4.79 Å². The fraction of sp³-hybridized carbons (Fsp3) is 0.143. The Balaban J connectivity index is 1.71. The first-order valence-electron chi connectivity index (χ1n) is 10.3. The van der Waals surface area contributed by atoms with E-state index >= 15 is 0 Å². The number of aromatic nitrogens is 4. The largest absolute Gasteiger partial charge is 0.330 e. The van der Waals surface area contributed by atoms with E-state index in [4.69, 9.17) is 4.98 Å². The van der Waals surface area contributed by atoms with Gasteiger partial charge in [0.15, 0.2) is 0 Å². The molecule has 0 saturated carbocycles. The number of hydrogen-bond acceptors (Lipinski definition) is 4. The highest BCUT2D eigenvalue weighted by Crippen LogP contribution is 2.22. The minimum atomic E-state index is -0.147. The zero-order chi connectivity index (χ0) is 22.4. The van der Waals surface area contributed by atoms with Gasteiger partial charge in [-0.2, -0.15) is 0 Å². The molecule has 1 amide bonds. The van der Waals surface area contributed by atoms with Crippen molar-refractivity contribution >= 4 is 75.9 Å². The Labute approximate surface area is 185 Å². The Hall–Kier alpha value is -3.28. The van der Waals surface area contributed by atoms with Crippen LogP contribution >= 0.6 is 0 Å². The molecule has 1 N–H and O–H groups in total. The first kappa shape index (κ1) is 21.0. The molecule has 3 aromatic heterocycles. The first-order valence-corrected chi connectivity index (χ1v) is 10.3. The molecule has 6 nitrogen and oxygen atoms in total. The highest BCUT2D eigenvalue weighted by molar-refractivity contribution is 6.60. The van der Waals surface area contributed by atoms with E-state index in [-0.39, 0.29) is 5.91 Å². The van der Waals surface area contributed by atoms with Gasteiger partial charge in [-0.1, -0.05) is 27.4 Å². The van der Waals surface area contributed by atoms with Gasteiger partial charge in [-0.15, -0.1) is 0 Å². The highest BCUT2D eigenvalue weighted by Gasteiger charge is 2.18. The molecule has 31 heavy (non-hydrogen) atoms. The summed E-state index contributed by atoms with van der Waals surface area (Å²) < 4.78 is 2.01. The molecule has 0 radical (unpaired) electrons. The molecule has 4 aromatic rings. The molecule has 0 unspecified atom stereocenters. The summed E-state index contributed by atoms with van der Waals surface area (Å²) in [5.41, 5.74) is 8.81. The van der Waals surface area contributed by atoms with Crippen LogP contribution in [0.5, 0.6) is 0 Å². The van der Waals surface area contributed by atoms with Crippen LogP contribution in [0.25, 0.3) is 22.3 Å². The normalized spacial score (nSPS) is 11.1. The Morgan fingerprint density at radius 3 is 2.26 bits per heavy atom. The maximum atomic E-state index is 13.2. The number of benzene rings is 1. The number of pyridine rings is 2. The number of fused-ring (bicyclic) bond motifs is 1. The third-order valence-corrected chi connectivity index (χ3v) is 6.53. The summed E-state index contributed by atoms with van der Waals surface area (Å²) in [6.45, 7) is 4.06. The Kier molecular flexibility index (Phi) is 5.25. The molecule has 0 aliphatic heterocycles. The van der Waals surface area contributed by atoms with Gasteiger partial charge in [0.05, 0.1) is 23.1 Å². The zero-order valence-corrected chi connectivity index (χ0v) is 19.1. The molecule has 0 fully saturated rings. The molecule has 3 heterocycles. The molecule has 0 aliphatic rings. The molecule has 4 rings (SSSR count). The second-order valence-electron chi connectivity index (χ2n) is 8.16. The maximum absolute atomic E-state index is 13.2. The number of amides is 1. The van der Waals surface area contributed by atoms with Crippen LogP contribution in [0.3, 0.4) is 0 Å². The van der Waals surface area contributed by atoms with Crippen LogP contribution in [-0.2, 0) is 7.05 Å². The number of aryl methyl sites for hydroxylation is 1. The summed E-state index contributed by atoms with van der Waals surface area (Å²) in [4.78, 5) is 26.7. The van der Waals surface area contributed by atoms with E-state index < -0.39 is 0 Å². The predicted molar refractivity (Wildman–Crippen MR) is 138 cm³/mol. The molecular formula is C21H23B4N5O. The number of hydrogen-bond donors (Lipinski definition) is 1. The topological polar surface area (TPSA) is 72.7 Å². The zero-order valence-electron chi connectivity index (χ0n) is 19.1. The molecule has 10 heteroatoms. The molecule has 150 valence electrons. The van der Waals surface area contributed by atoms with Crippen molar-refractivity contribution in [2.45, 2.75) is 13.8 Å². The highest BCUT2D eigenvalue weighted by atomic mass is 16.1. The fourth-order valence-electron chi connectivity index (χ4n) is 3.99. The monoisotopic (exact) mass is 405 g/mol. The molecule has 1 aromatic carbocycles. The lowest BCUT2D eigenvalue weighted by molar-refractivity contribution is 0.102. The number of nitrogens with zero attached hydrogens (tertiary/aromatic N) is 4. The second kappa shape index (κ2) is 7.76. The van der Waals surface area contributed by atoms with Crippen molar-refractivity contribution in [1.29, 1.82) is 0 Å². The van der Waals surface area contributed by atoms with Crippen LogP contribution in [0.2, 0.25) is 0 Å². The van der Waals surface area contributed by atoms with E-state index in [1.54, 1.807) is 6.20 Å². The van der Waals surface area contributed by atoms with Gasteiger partial charge in [0.1, 0.15) is 43.0 Å². The molecule has 0 spiro atoms. The predicted octanol–water partition coefficient (Wildman–Crippen LogP) is -3.07. The first-order chi connectivity index (χ1) is 14.7. The number of imidazole rings is 1. The van der Waals surface area contributed by atoms with Crippen LogP contribution in [-0.4, -0.2) is 56.8 Å². The minimum absolute atomic E-state index is 0.147. The van der Waals surface area contributed by atoms with Crippen molar-refractivity contribution in [1.82, 2.24) is 19.5 Å². The lowest BCUT2D eigenvalue weighted by Crippen LogP contribution is -2.49. The minimum Gasteiger partial charge on any atom is -0.330 e. The summed E-state index contributed by atoms with van der Waals surface area (Å²) in [7, 11) is 10.1.